The molecule has 106 valence electrons. The Hall–Kier alpha value is -0.860. The predicted molar refractivity (Wildman–Crippen MR) is 80.2 cm³/mol. The molecule has 19 heavy (non-hydrogen) atoms. The first-order chi connectivity index (χ1) is 9.11. The fraction of sp³-hybridized carbons (Fsp3) is 0.647. The molecule has 0 heterocycles. The van der Waals surface area contributed by atoms with Crippen LogP contribution in [-0.4, -0.2) is 29.1 Å². The molecular weight excluding hydrogens is 234 g/mol. The molecular formula is C17H27NO. The summed E-state index contributed by atoms with van der Waals surface area (Å²) in [5.41, 5.74) is 2.28. The molecule has 1 aromatic rings. The molecule has 1 N–H and O–H groups in total. The molecule has 2 rings (SSSR count). The molecule has 0 amide bonds. The number of nitrogens with zero attached hydrogens (tertiary/aromatic N) is 1. The topological polar surface area (TPSA) is 23.5 Å². The maximum atomic E-state index is 10.6. The quantitative estimate of drug-likeness (QED) is 0.811. The Morgan fingerprint density at radius 3 is 2.42 bits per heavy atom. The van der Waals surface area contributed by atoms with Crippen molar-refractivity contribution in [3.05, 3.63) is 35.4 Å². The van der Waals surface area contributed by atoms with Gasteiger partial charge in [0, 0.05) is 12.6 Å². The highest BCUT2D eigenvalue weighted by Crippen LogP contribution is 2.32. The van der Waals surface area contributed by atoms with E-state index in [-0.39, 0.29) is 12.1 Å². The maximum Gasteiger partial charge on any atom is 0.0942 e. The van der Waals surface area contributed by atoms with E-state index in [1.807, 2.05) is 0 Å². The third-order valence-corrected chi connectivity index (χ3v) is 4.15. The van der Waals surface area contributed by atoms with Gasteiger partial charge in [-0.05, 0) is 51.1 Å². The molecule has 1 aliphatic rings. The summed E-state index contributed by atoms with van der Waals surface area (Å²) in [7, 11) is 0. The Morgan fingerprint density at radius 1 is 1.26 bits per heavy atom. The summed E-state index contributed by atoms with van der Waals surface area (Å²) in [4.78, 5) is 2.46. The van der Waals surface area contributed by atoms with Gasteiger partial charge in [0.05, 0.1) is 6.10 Å². The van der Waals surface area contributed by atoms with Gasteiger partial charge in [0.25, 0.3) is 0 Å². The van der Waals surface area contributed by atoms with Gasteiger partial charge >= 0.3 is 0 Å². The Balaban J connectivity index is 2.01. The molecule has 1 saturated carbocycles. The molecule has 0 spiro atoms. The minimum Gasteiger partial charge on any atom is -0.387 e. The van der Waals surface area contributed by atoms with Crippen molar-refractivity contribution in [1.82, 2.24) is 4.90 Å². The van der Waals surface area contributed by atoms with E-state index in [0.717, 1.165) is 31.0 Å². The van der Waals surface area contributed by atoms with Crippen molar-refractivity contribution in [3.8, 4) is 0 Å². The average Bonchev–Trinajstić information content (AvgIpc) is 3.21. The van der Waals surface area contributed by atoms with Gasteiger partial charge in [0.1, 0.15) is 0 Å². The van der Waals surface area contributed by atoms with Crippen molar-refractivity contribution in [2.75, 3.05) is 13.1 Å². The van der Waals surface area contributed by atoms with Crippen LogP contribution in [0.4, 0.5) is 0 Å². The van der Waals surface area contributed by atoms with Gasteiger partial charge in [-0.15, -0.1) is 0 Å². The third kappa shape index (κ3) is 4.05. The van der Waals surface area contributed by atoms with Crippen LogP contribution in [0, 0.1) is 12.8 Å². The van der Waals surface area contributed by atoms with E-state index in [9.17, 15) is 5.11 Å². The van der Waals surface area contributed by atoms with Crippen molar-refractivity contribution in [2.45, 2.75) is 52.2 Å². The van der Waals surface area contributed by atoms with Crippen LogP contribution in [0.25, 0.3) is 0 Å². The van der Waals surface area contributed by atoms with Gasteiger partial charge in [0.15, 0.2) is 0 Å². The summed E-state index contributed by atoms with van der Waals surface area (Å²) in [6.07, 6.45) is 3.50. The summed E-state index contributed by atoms with van der Waals surface area (Å²) in [5.74, 6) is 0.874. The van der Waals surface area contributed by atoms with Crippen LogP contribution in [-0.2, 0) is 0 Å². The summed E-state index contributed by atoms with van der Waals surface area (Å²) in [5, 5.41) is 10.6. The molecule has 0 aliphatic heterocycles. The fourth-order valence-corrected chi connectivity index (χ4v) is 2.62. The second-order valence-corrected chi connectivity index (χ2v) is 6.03. The molecule has 2 unspecified atom stereocenters. The zero-order valence-electron chi connectivity index (χ0n) is 12.5. The monoisotopic (exact) mass is 261 g/mol. The van der Waals surface area contributed by atoms with Crippen molar-refractivity contribution in [1.29, 1.82) is 0 Å². The number of aryl methyl sites for hydroxylation is 1. The minimum absolute atomic E-state index is 0.197. The van der Waals surface area contributed by atoms with Crippen LogP contribution in [0.15, 0.2) is 24.3 Å². The Morgan fingerprint density at radius 2 is 1.89 bits per heavy atom. The molecule has 0 radical (unpaired) electrons. The molecule has 0 bridgehead atoms. The van der Waals surface area contributed by atoms with Crippen LogP contribution in [0.1, 0.15) is 50.3 Å². The Kier molecular flexibility index (Phi) is 5.00. The van der Waals surface area contributed by atoms with E-state index in [1.165, 1.54) is 18.4 Å². The lowest BCUT2D eigenvalue weighted by atomic mass is 10.0. The highest BCUT2D eigenvalue weighted by Gasteiger charge is 2.29. The number of benzene rings is 1. The predicted octanol–water partition coefficient (Wildman–Crippen LogP) is 3.54. The first-order valence-electron chi connectivity index (χ1n) is 7.60. The normalized spacial score (nSPS) is 18.6. The van der Waals surface area contributed by atoms with Crippen LogP contribution in [0.3, 0.4) is 0 Å². The van der Waals surface area contributed by atoms with Crippen molar-refractivity contribution in [2.24, 2.45) is 5.92 Å². The lowest BCUT2D eigenvalue weighted by molar-refractivity contribution is 0.0549. The van der Waals surface area contributed by atoms with Gasteiger partial charge in [-0.1, -0.05) is 36.8 Å². The molecule has 2 nitrogen and oxygen atoms in total. The molecule has 1 aromatic carbocycles. The van der Waals surface area contributed by atoms with E-state index in [2.05, 4.69) is 49.9 Å². The fourth-order valence-electron chi connectivity index (χ4n) is 2.62. The number of hydrogen-bond acceptors (Lipinski definition) is 2. The van der Waals surface area contributed by atoms with Crippen molar-refractivity contribution in [3.63, 3.8) is 0 Å². The molecule has 2 heteroatoms. The second-order valence-electron chi connectivity index (χ2n) is 6.03. The summed E-state index contributed by atoms with van der Waals surface area (Å²) in [6, 6.07) is 8.46. The number of aliphatic hydroxyl groups excluding tert-OH is 1. The van der Waals surface area contributed by atoms with Crippen LogP contribution in [0.2, 0.25) is 0 Å². The summed E-state index contributed by atoms with van der Waals surface area (Å²) >= 11 is 0. The second kappa shape index (κ2) is 6.53. The SMILES string of the molecule is CCCN(CC1CC1)C(C)C(O)c1ccc(C)cc1. The lowest BCUT2D eigenvalue weighted by Crippen LogP contribution is -2.39. The standard InChI is InChI=1S/C17H27NO/c1-4-11-18(12-15-7-8-15)14(3)17(19)16-9-5-13(2)6-10-16/h5-6,9-10,14-15,17,19H,4,7-8,11-12H2,1-3H3. The molecule has 0 saturated heterocycles. The third-order valence-electron chi connectivity index (χ3n) is 4.15. The van der Waals surface area contributed by atoms with Crippen LogP contribution in [0.5, 0.6) is 0 Å². The van der Waals surface area contributed by atoms with Gasteiger partial charge in [-0.2, -0.15) is 0 Å². The Labute approximate surface area is 117 Å². The van der Waals surface area contributed by atoms with Crippen LogP contribution < -0.4 is 0 Å². The Bertz CT molecular complexity index is 383. The highest BCUT2D eigenvalue weighted by molar-refractivity contribution is 5.24. The molecule has 2 atom stereocenters. The van der Waals surface area contributed by atoms with Crippen molar-refractivity contribution < 1.29 is 5.11 Å². The maximum absolute atomic E-state index is 10.6. The van der Waals surface area contributed by atoms with Gasteiger partial charge in [-0.3, -0.25) is 4.90 Å². The van der Waals surface area contributed by atoms with E-state index in [1.54, 1.807) is 0 Å². The highest BCUT2D eigenvalue weighted by atomic mass is 16.3. The molecule has 1 fully saturated rings. The number of rotatable bonds is 7. The summed E-state index contributed by atoms with van der Waals surface area (Å²) < 4.78 is 0. The van der Waals surface area contributed by atoms with E-state index >= 15 is 0 Å². The summed E-state index contributed by atoms with van der Waals surface area (Å²) in [6.45, 7) is 8.68. The van der Waals surface area contributed by atoms with E-state index < -0.39 is 0 Å². The van der Waals surface area contributed by atoms with E-state index in [0.29, 0.717) is 0 Å². The number of aliphatic hydroxyl groups is 1. The smallest absolute Gasteiger partial charge is 0.0942 e. The average molecular weight is 261 g/mol. The minimum atomic E-state index is -0.383. The van der Waals surface area contributed by atoms with Crippen LogP contribution >= 0.6 is 0 Å². The molecule has 1 aliphatic carbocycles. The van der Waals surface area contributed by atoms with Crippen molar-refractivity contribution >= 4 is 0 Å². The first kappa shape index (κ1) is 14.5. The van der Waals surface area contributed by atoms with Gasteiger partial charge < -0.3 is 5.11 Å². The number of hydrogen-bond donors (Lipinski definition) is 1. The van der Waals surface area contributed by atoms with Gasteiger partial charge in [0.2, 0.25) is 0 Å². The largest absolute Gasteiger partial charge is 0.387 e. The lowest BCUT2D eigenvalue weighted by Gasteiger charge is -2.32. The zero-order valence-corrected chi connectivity index (χ0v) is 12.5. The zero-order chi connectivity index (χ0) is 13.8. The van der Waals surface area contributed by atoms with E-state index in [4.69, 9.17) is 0 Å². The molecule has 0 aromatic heterocycles. The van der Waals surface area contributed by atoms with Gasteiger partial charge in [-0.25, -0.2) is 0 Å². The first-order valence-corrected chi connectivity index (χ1v) is 7.60.